The van der Waals surface area contributed by atoms with E-state index in [4.69, 9.17) is 4.74 Å². The predicted octanol–water partition coefficient (Wildman–Crippen LogP) is 3.63. The predicted molar refractivity (Wildman–Crippen MR) is 117 cm³/mol. The molecule has 0 spiro atoms. The van der Waals surface area contributed by atoms with Crippen LogP contribution in [0.2, 0.25) is 0 Å². The fourth-order valence-electron chi connectivity index (χ4n) is 4.45. The lowest BCUT2D eigenvalue weighted by Gasteiger charge is -2.38. The maximum absolute atomic E-state index is 13.0. The van der Waals surface area contributed by atoms with Gasteiger partial charge >= 0.3 is 6.61 Å². The smallest absolute Gasteiger partial charge is 0.387 e. The Balaban J connectivity index is 1.72. The molecule has 1 aliphatic carbocycles. The number of hydrogen-bond acceptors (Lipinski definition) is 5. The van der Waals surface area contributed by atoms with E-state index < -0.39 is 16.6 Å². The third kappa shape index (κ3) is 6.25. The second kappa shape index (κ2) is 10.8. The highest BCUT2D eigenvalue weighted by Crippen LogP contribution is 2.30. The average molecular weight is 459 g/mol. The van der Waals surface area contributed by atoms with Crippen molar-refractivity contribution >= 4 is 16.1 Å². The molecule has 0 bridgehead atoms. The summed E-state index contributed by atoms with van der Waals surface area (Å²) in [6, 6.07) is 4.74. The summed E-state index contributed by atoms with van der Waals surface area (Å²) in [5, 5.41) is 0. The Morgan fingerprint density at radius 2 is 1.87 bits per heavy atom. The summed E-state index contributed by atoms with van der Waals surface area (Å²) in [7, 11) is -3.64. The molecule has 3 rings (SSSR count). The van der Waals surface area contributed by atoms with Crippen LogP contribution in [0.5, 0.6) is 5.75 Å². The van der Waals surface area contributed by atoms with Crippen LogP contribution in [0.15, 0.2) is 23.1 Å². The topological polar surface area (TPSA) is 67.9 Å². The summed E-state index contributed by atoms with van der Waals surface area (Å²) in [5.74, 6) is 0.486. The van der Waals surface area contributed by atoms with Crippen LogP contribution < -0.4 is 9.46 Å². The Hall–Kier alpha value is -1.55. The maximum Gasteiger partial charge on any atom is 0.387 e. The number of ether oxygens (including phenoxy) is 2. The molecular formula is C22H32F2N2O4S. The van der Waals surface area contributed by atoms with Gasteiger partial charge in [0, 0.05) is 25.7 Å². The van der Waals surface area contributed by atoms with Crippen molar-refractivity contribution in [2.45, 2.75) is 52.2 Å². The Kier molecular flexibility index (Phi) is 8.43. The van der Waals surface area contributed by atoms with Crippen molar-refractivity contribution in [3.63, 3.8) is 0 Å². The zero-order chi connectivity index (χ0) is 22.4. The number of sulfonamides is 1. The first kappa shape index (κ1) is 24.1. The summed E-state index contributed by atoms with van der Waals surface area (Å²) < 4.78 is 63.7. The molecule has 1 fully saturated rings. The number of hydrogen-bond donors (Lipinski definition) is 1. The van der Waals surface area contributed by atoms with Crippen LogP contribution in [-0.4, -0.2) is 58.8 Å². The molecule has 0 amide bonds. The minimum atomic E-state index is -3.64. The Morgan fingerprint density at radius 1 is 1.16 bits per heavy atom. The van der Waals surface area contributed by atoms with Crippen molar-refractivity contribution in [2.24, 2.45) is 5.92 Å². The van der Waals surface area contributed by atoms with Crippen molar-refractivity contribution in [3.05, 3.63) is 34.2 Å². The highest BCUT2D eigenvalue weighted by molar-refractivity contribution is 7.93. The van der Waals surface area contributed by atoms with Crippen molar-refractivity contribution in [1.29, 1.82) is 0 Å². The molecule has 1 unspecified atom stereocenters. The van der Waals surface area contributed by atoms with Crippen LogP contribution in [0.4, 0.5) is 8.78 Å². The van der Waals surface area contributed by atoms with Crippen molar-refractivity contribution in [2.75, 3.05) is 32.8 Å². The molecule has 9 heteroatoms. The van der Waals surface area contributed by atoms with Gasteiger partial charge in [0.25, 0.3) is 0 Å². The molecule has 1 aromatic rings. The molecular weight excluding hydrogens is 426 g/mol. The number of morpholine rings is 1. The number of halogens is 2. The number of allylic oxidation sites excluding steroid dienone is 1. The monoisotopic (exact) mass is 458 g/mol. The molecule has 0 saturated carbocycles. The first-order chi connectivity index (χ1) is 14.8. The first-order valence-corrected chi connectivity index (χ1v) is 12.4. The van der Waals surface area contributed by atoms with Gasteiger partial charge in [-0.15, -0.1) is 0 Å². The van der Waals surface area contributed by atoms with Crippen LogP contribution in [0.1, 0.15) is 44.2 Å². The summed E-state index contributed by atoms with van der Waals surface area (Å²) >= 11 is 0. The normalized spacial score (nSPS) is 18.7. The van der Waals surface area contributed by atoms with Crippen LogP contribution in [-0.2, 0) is 21.2 Å². The van der Waals surface area contributed by atoms with E-state index in [9.17, 15) is 17.2 Å². The van der Waals surface area contributed by atoms with E-state index in [1.807, 2.05) is 0 Å². The van der Waals surface area contributed by atoms with Gasteiger partial charge in [0.05, 0.1) is 18.1 Å². The van der Waals surface area contributed by atoms with Gasteiger partial charge in [0.15, 0.2) is 0 Å². The van der Waals surface area contributed by atoms with Crippen molar-refractivity contribution in [3.8, 4) is 5.75 Å². The van der Waals surface area contributed by atoms with Gasteiger partial charge in [-0.3, -0.25) is 4.90 Å². The number of fused-ring (bicyclic) bond motifs is 1. The van der Waals surface area contributed by atoms with Gasteiger partial charge in [0.1, 0.15) is 5.75 Å². The van der Waals surface area contributed by atoms with Gasteiger partial charge in [-0.05, 0) is 48.1 Å². The maximum atomic E-state index is 13.0. The highest BCUT2D eigenvalue weighted by Gasteiger charge is 2.29. The molecule has 1 aliphatic heterocycles. The summed E-state index contributed by atoms with van der Waals surface area (Å²) in [4.78, 5) is 2.66. The molecule has 1 N–H and O–H groups in total. The second-order valence-electron chi connectivity index (χ2n) is 7.99. The Labute approximate surface area is 183 Å². The molecule has 6 nitrogen and oxygen atoms in total. The first-order valence-electron chi connectivity index (χ1n) is 10.9. The summed E-state index contributed by atoms with van der Waals surface area (Å²) in [6.45, 7) is 4.72. The molecule has 174 valence electrons. The average Bonchev–Trinajstić information content (AvgIpc) is 2.76. The number of alkyl halides is 2. The molecule has 0 radical (unpaired) electrons. The number of benzene rings is 1. The van der Waals surface area contributed by atoms with Gasteiger partial charge in [-0.25, -0.2) is 13.1 Å². The van der Waals surface area contributed by atoms with E-state index in [2.05, 4.69) is 28.2 Å². The lowest BCUT2D eigenvalue weighted by atomic mass is 9.92. The lowest BCUT2D eigenvalue weighted by molar-refractivity contribution is -0.0498. The van der Waals surface area contributed by atoms with Crippen LogP contribution in [0.25, 0.3) is 6.08 Å². The third-order valence-electron chi connectivity index (χ3n) is 6.23. The molecule has 1 aromatic carbocycles. The van der Waals surface area contributed by atoms with Crippen molar-refractivity contribution in [1.82, 2.24) is 9.62 Å². The van der Waals surface area contributed by atoms with Crippen molar-refractivity contribution < 1.29 is 26.7 Å². The van der Waals surface area contributed by atoms with E-state index in [1.165, 1.54) is 6.07 Å². The van der Waals surface area contributed by atoms with E-state index in [1.54, 1.807) is 18.2 Å². The number of aryl methyl sites for hydroxylation is 1. The van der Waals surface area contributed by atoms with Crippen LogP contribution >= 0.6 is 0 Å². The largest absolute Gasteiger partial charge is 0.435 e. The summed E-state index contributed by atoms with van der Waals surface area (Å²) in [6.07, 6.45) is 4.39. The fraction of sp³-hybridized carbons (Fsp3) is 0.636. The standard InChI is InChI=1S/C22H32F2N2O4S/c1-3-16(4-2)21(26-9-11-29-12-10-26)15-25-31(27,28)20-8-6-17-13-19(30-22(23)24)7-5-18(17)14-20/h5,7,13-14,16,21-22,25H,3-4,6,8-12,15H2,1-2H3. The van der Waals surface area contributed by atoms with E-state index in [0.29, 0.717) is 43.4 Å². The lowest BCUT2D eigenvalue weighted by Crippen LogP contribution is -2.52. The van der Waals surface area contributed by atoms with Gasteiger partial charge in [-0.1, -0.05) is 32.8 Å². The van der Waals surface area contributed by atoms with E-state index in [0.717, 1.165) is 37.1 Å². The van der Waals surface area contributed by atoms with Gasteiger partial charge in [-0.2, -0.15) is 8.78 Å². The number of nitrogens with one attached hydrogen (secondary N) is 1. The molecule has 0 aromatic heterocycles. The quantitative estimate of drug-likeness (QED) is 0.580. The highest BCUT2D eigenvalue weighted by atomic mass is 32.2. The molecule has 31 heavy (non-hydrogen) atoms. The molecule has 2 aliphatic rings. The zero-order valence-corrected chi connectivity index (χ0v) is 19.0. The van der Waals surface area contributed by atoms with E-state index in [-0.39, 0.29) is 11.8 Å². The van der Waals surface area contributed by atoms with Crippen LogP contribution in [0.3, 0.4) is 0 Å². The SMILES string of the molecule is CCC(CC)C(CNS(=O)(=O)C1=Cc2ccc(OC(F)F)cc2CC1)N1CCOCC1. The van der Waals surface area contributed by atoms with Gasteiger partial charge < -0.3 is 9.47 Å². The van der Waals surface area contributed by atoms with Crippen LogP contribution in [0, 0.1) is 5.92 Å². The van der Waals surface area contributed by atoms with Gasteiger partial charge in [0.2, 0.25) is 10.0 Å². The molecule has 1 atom stereocenters. The third-order valence-corrected chi connectivity index (χ3v) is 7.79. The van der Waals surface area contributed by atoms with E-state index >= 15 is 0 Å². The zero-order valence-electron chi connectivity index (χ0n) is 18.1. The number of nitrogens with zero attached hydrogens (tertiary/aromatic N) is 1. The fourth-order valence-corrected chi connectivity index (χ4v) is 5.68. The second-order valence-corrected chi connectivity index (χ2v) is 9.81. The molecule has 1 heterocycles. The Bertz CT molecular complexity index is 866. The molecule has 1 saturated heterocycles. The summed E-state index contributed by atoms with van der Waals surface area (Å²) in [5.41, 5.74) is 1.53. The Morgan fingerprint density at radius 3 is 2.52 bits per heavy atom. The minimum Gasteiger partial charge on any atom is -0.435 e. The number of rotatable bonds is 10. The minimum absolute atomic E-state index is 0.0881.